The number of rotatable bonds is 4. The van der Waals surface area contributed by atoms with Gasteiger partial charge in [0.15, 0.2) is 17.7 Å². The van der Waals surface area contributed by atoms with E-state index in [2.05, 4.69) is 26.1 Å². The first-order valence-electron chi connectivity index (χ1n) is 7.70. The fourth-order valence-electron chi connectivity index (χ4n) is 2.11. The Hall–Kier alpha value is -2.43. The van der Waals surface area contributed by atoms with E-state index in [0.29, 0.717) is 5.75 Å². The Labute approximate surface area is 140 Å². The fourth-order valence-corrected chi connectivity index (χ4v) is 2.11. The topological polar surface area (TPSA) is 38.3 Å². The van der Waals surface area contributed by atoms with E-state index in [1.165, 1.54) is 6.07 Å². The smallest absolute Gasteiger partial charge is 0.265 e. The fraction of sp³-hybridized carbons (Fsp3) is 0.316. The second-order valence-corrected chi connectivity index (χ2v) is 6.65. The molecule has 0 radical (unpaired) electrons. The van der Waals surface area contributed by atoms with Gasteiger partial charge in [-0.15, -0.1) is 0 Å². The molecule has 24 heavy (non-hydrogen) atoms. The number of hydrogen-bond donors (Lipinski definition) is 1. The monoisotopic (exact) mass is 333 g/mol. The third-order valence-corrected chi connectivity index (χ3v) is 3.59. The first-order valence-corrected chi connectivity index (χ1v) is 7.70. The highest BCUT2D eigenvalue weighted by Crippen LogP contribution is 2.24. The van der Waals surface area contributed by atoms with Crippen LogP contribution >= 0.6 is 0 Å². The van der Waals surface area contributed by atoms with Gasteiger partial charge in [-0.05, 0) is 42.2 Å². The van der Waals surface area contributed by atoms with E-state index in [9.17, 15) is 13.6 Å². The van der Waals surface area contributed by atoms with Gasteiger partial charge in [-0.25, -0.2) is 8.78 Å². The van der Waals surface area contributed by atoms with Crippen LogP contribution in [0.3, 0.4) is 0 Å². The van der Waals surface area contributed by atoms with Crippen LogP contribution in [0.15, 0.2) is 42.5 Å². The zero-order valence-electron chi connectivity index (χ0n) is 14.2. The third-order valence-electron chi connectivity index (χ3n) is 3.59. The molecule has 2 aromatic rings. The Kier molecular flexibility index (Phi) is 5.22. The molecule has 0 bridgehead atoms. The summed E-state index contributed by atoms with van der Waals surface area (Å²) in [6.07, 6.45) is -0.779. The lowest BCUT2D eigenvalue weighted by atomic mass is 9.87. The van der Waals surface area contributed by atoms with Gasteiger partial charge in [-0.1, -0.05) is 32.9 Å². The number of hydrogen-bond acceptors (Lipinski definition) is 2. The summed E-state index contributed by atoms with van der Waals surface area (Å²) in [5, 5.41) is 2.50. The summed E-state index contributed by atoms with van der Waals surface area (Å²) >= 11 is 0. The Morgan fingerprint density at radius 1 is 1.04 bits per heavy atom. The maximum absolute atomic E-state index is 13.2. The molecule has 0 aromatic heterocycles. The number of benzene rings is 2. The van der Waals surface area contributed by atoms with Gasteiger partial charge in [0.1, 0.15) is 5.75 Å². The molecule has 0 saturated carbocycles. The second kappa shape index (κ2) is 6.99. The Morgan fingerprint density at radius 3 is 2.21 bits per heavy atom. The van der Waals surface area contributed by atoms with Gasteiger partial charge in [0.05, 0.1) is 0 Å². The van der Waals surface area contributed by atoms with Crippen molar-refractivity contribution in [3.8, 4) is 5.75 Å². The van der Waals surface area contributed by atoms with Crippen molar-refractivity contribution < 1.29 is 18.3 Å². The molecule has 1 amide bonds. The number of amides is 1. The molecule has 0 aliphatic carbocycles. The van der Waals surface area contributed by atoms with Gasteiger partial charge in [0.25, 0.3) is 5.91 Å². The molecule has 0 spiro atoms. The molecule has 0 saturated heterocycles. The molecule has 2 rings (SSSR count). The quantitative estimate of drug-likeness (QED) is 0.883. The van der Waals surface area contributed by atoms with Crippen molar-refractivity contribution in [3.63, 3.8) is 0 Å². The zero-order chi connectivity index (χ0) is 17.9. The highest BCUT2D eigenvalue weighted by atomic mass is 19.2. The van der Waals surface area contributed by atoms with Crippen LogP contribution in [0.4, 0.5) is 14.5 Å². The van der Waals surface area contributed by atoms with Gasteiger partial charge >= 0.3 is 0 Å². The number of ether oxygens (including phenoxy) is 1. The van der Waals surface area contributed by atoms with Crippen molar-refractivity contribution >= 4 is 11.6 Å². The van der Waals surface area contributed by atoms with Crippen LogP contribution in [0.25, 0.3) is 0 Å². The van der Waals surface area contributed by atoms with E-state index in [4.69, 9.17) is 4.74 Å². The summed E-state index contributed by atoms with van der Waals surface area (Å²) in [6, 6.07) is 10.7. The molecule has 3 nitrogen and oxygen atoms in total. The summed E-state index contributed by atoms with van der Waals surface area (Å²) in [6.45, 7) is 7.93. The molecule has 0 aliphatic rings. The first-order chi connectivity index (χ1) is 11.2. The number of carbonyl (C=O) groups excluding carboxylic acids is 1. The maximum atomic E-state index is 13.2. The molecule has 1 unspecified atom stereocenters. The van der Waals surface area contributed by atoms with Crippen LogP contribution in [0, 0.1) is 11.6 Å². The van der Waals surface area contributed by atoms with Crippen LogP contribution in [-0.4, -0.2) is 12.0 Å². The van der Waals surface area contributed by atoms with Gasteiger partial charge in [-0.3, -0.25) is 4.79 Å². The van der Waals surface area contributed by atoms with Crippen molar-refractivity contribution in [1.29, 1.82) is 0 Å². The average molecular weight is 333 g/mol. The number of halogens is 2. The molecule has 128 valence electrons. The van der Waals surface area contributed by atoms with Crippen LogP contribution in [0.1, 0.15) is 33.3 Å². The lowest BCUT2D eigenvalue weighted by Crippen LogP contribution is -2.30. The Balaban J connectivity index is 1.99. The van der Waals surface area contributed by atoms with E-state index < -0.39 is 23.6 Å². The molecular formula is C19H21F2NO2. The molecular weight excluding hydrogens is 312 g/mol. The lowest BCUT2D eigenvalue weighted by molar-refractivity contribution is -0.122. The predicted molar refractivity (Wildman–Crippen MR) is 90.2 cm³/mol. The molecule has 2 aromatic carbocycles. The number of carbonyl (C=O) groups is 1. The van der Waals surface area contributed by atoms with Crippen molar-refractivity contribution in [2.24, 2.45) is 0 Å². The van der Waals surface area contributed by atoms with Crippen LogP contribution in [0.5, 0.6) is 5.75 Å². The van der Waals surface area contributed by atoms with E-state index in [0.717, 1.165) is 17.7 Å². The Morgan fingerprint density at radius 2 is 1.67 bits per heavy atom. The standard InChI is InChI=1S/C19H21F2NO2/c1-12(18(23)22-14-7-10-16(20)17(21)11-14)24-15-8-5-13(6-9-15)19(2,3)4/h5-12H,1-4H3,(H,22,23). The second-order valence-electron chi connectivity index (χ2n) is 6.65. The van der Waals surface area contributed by atoms with Crippen molar-refractivity contribution in [2.45, 2.75) is 39.2 Å². The predicted octanol–water partition coefficient (Wildman–Crippen LogP) is 4.67. The summed E-state index contributed by atoms with van der Waals surface area (Å²) in [5.74, 6) is -1.85. The molecule has 5 heteroatoms. The maximum Gasteiger partial charge on any atom is 0.265 e. The minimum Gasteiger partial charge on any atom is -0.481 e. The first kappa shape index (κ1) is 17.9. The molecule has 1 atom stereocenters. The third kappa shape index (κ3) is 4.54. The van der Waals surface area contributed by atoms with E-state index in [1.54, 1.807) is 6.92 Å². The van der Waals surface area contributed by atoms with E-state index in [-0.39, 0.29) is 11.1 Å². The minimum absolute atomic E-state index is 0.0359. The zero-order valence-corrected chi connectivity index (χ0v) is 14.2. The van der Waals surface area contributed by atoms with Gasteiger partial charge in [0.2, 0.25) is 0 Å². The van der Waals surface area contributed by atoms with E-state index >= 15 is 0 Å². The summed E-state index contributed by atoms with van der Waals surface area (Å²) in [7, 11) is 0. The SMILES string of the molecule is CC(Oc1ccc(C(C)(C)C)cc1)C(=O)Nc1ccc(F)c(F)c1. The van der Waals surface area contributed by atoms with Crippen molar-refractivity contribution in [3.05, 3.63) is 59.7 Å². The van der Waals surface area contributed by atoms with Gasteiger partial charge in [0, 0.05) is 11.8 Å². The normalized spacial score (nSPS) is 12.6. The van der Waals surface area contributed by atoms with Crippen LogP contribution in [-0.2, 0) is 10.2 Å². The highest BCUT2D eigenvalue weighted by molar-refractivity contribution is 5.94. The summed E-state index contributed by atoms with van der Waals surface area (Å²) in [4.78, 5) is 12.1. The molecule has 0 heterocycles. The summed E-state index contributed by atoms with van der Waals surface area (Å²) in [5.41, 5.74) is 1.37. The summed E-state index contributed by atoms with van der Waals surface area (Å²) < 4.78 is 31.6. The van der Waals surface area contributed by atoms with Crippen LogP contribution in [0.2, 0.25) is 0 Å². The molecule has 0 aliphatic heterocycles. The number of nitrogens with one attached hydrogen (secondary N) is 1. The molecule has 1 N–H and O–H groups in total. The van der Waals surface area contributed by atoms with Crippen molar-refractivity contribution in [2.75, 3.05) is 5.32 Å². The van der Waals surface area contributed by atoms with Gasteiger partial charge < -0.3 is 10.1 Å². The van der Waals surface area contributed by atoms with Gasteiger partial charge in [-0.2, -0.15) is 0 Å². The lowest BCUT2D eigenvalue weighted by Gasteiger charge is -2.20. The minimum atomic E-state index is -1.01. The average Bonchev–Trinajstić information content (AvgIpc) is 2.50. The van der Waals surface area contributed by atoms with Crippen LogP contribution < -0.4 is 10.1 Å². The van der Waals surface area contributed by atoms with Crippen molar-refractivity contribution in [1.82, 2.24) is 0 Å². The highest BCUT2D eigenvalue weighted by Gasteiger charge is 2.17. The Bertz CT molecular complexity index is 721. The largest absolute Gasteiger partial charge is 0.481 e. The molecule has 0 fully saturated rings. The van der Waals surface area contributed by atoms with E-state index in [1.807, 2.05) is 24.3 Å². The number of anilines is 1.